The molecule has 4 N–H and O–H groups in total. The third kappa shape index (κ3) is 9.19. The minimum Gasteiger partial charge on any atom is -0.447 e. The number of amides is 3. The fourth-order valence-corrected chi connectivity index (χ4v) is 3.99. The fraction of sp³-hybridized carbons (Fsp3) is 0.214. The molecule has 0 radical (unpaired) electrons. The number of anilines is 1. The van der Waals surface area contributed by atoms with E-state index in [9.17, 15) is 18.8 Å². The summed E-state index contributed by atoms with van der Waals surface area (Å²) in [7, 11) is 0. The summed E-state index contributed by atoms with van der Waals surface area (Å²) >= 11 is 5.95. The molecule has 212 valence electrons. The van der Waals surface area contributed by atoms with E-state index < -0.39 is 29.8 Å². The van der Waals surface area contributed by atoms with Crippen LogP contribution in [0.4, 0.5) is 15.0 Å². The lowest BCUT2D eigenvalue weighted by atomic mass is 10.2. The Morgan fingerprint density at radius 1 is 0.951 bits per heavy atom. The normalized spacial score (nSPS) is 11.5. The zero-order valence-electron chi connectivity index (χ0n) is 21.8. The van der Waals surface area contributed by atoms with Crippen molar-refractivity contribution in [3.05, 3.63) is 95.4 Å². The summed E-state index contributed by atoms with van der Waals surface area (Å²) in [6.45, 7) is -0.166. The van der Waals surface area contributed by atoms with Crippen LogP contribution in [0.1, 0.15) is 17.7 Å². The van der Waals surface area contributed by atoms with Crippen LogP contribution in [-0.4, -0.2) is 52.1 Å². The van der Waals surface area contributed by atoms with E-state index in [1.54, 1.807) is 18.3 Å². The van der Waals surface area contributed by atoms with Gasteiger partial charge in [0.15, 0.2) is 0 Å². The second kappa shape index (κ2) is 14.6. The van der Waals surface area contributed by atoms with Crippen LogP contribution in [0, 0.1) is 5.82 Å². The first-order valence-electron chi connectivity index (χ1n) is 12.6. The van der Waals surface area contributed by atoms with Crippen LogP contribution >= 0.6 is 11.6 Å². The number of hydrogen-bond donors (Lipinski definition) is 4. The van der Waals surface area contributed by atoms with Crippen molar-refractivity contribution in [1.82, 2.24) is 30.9 Å². The van der Waals surface area contributed by atoms with E-state index in [-0.39, 0.29) is 43.5 Å². The Bertz CT molecular complexity index is 1510. The number of rotatable bonds is 12. The van der Waals surface area contributed by atoms with Crippen LogP contribution in [0.25, 0.3) is 10.8 Å². The maximum absolute atomic E-state index is 13.7. The number of fused-ring (bicyclic) bond motifs is 1. The molecule has 13 heteroatoms. The first kappa shape index (κ1) is 29.3. The van der Waals surface area contributed by atoms with E-state index in [1.807, 2.05) is 24.3 Å². The summed E-state index contributed by atoms with van der Waals surface area (Å²) in [6.07, 6.45) is 5.19. The highest BCUT2D eigenvalue weighted by Crippen LogP contribution is 2.19. The van der Waals surface area contributed by atoms with Gasteiger partial charge in [-0.3, -0.25) is 24.9 Å². The predicted octanol–water partition coefficient (Wildman–Crippen LogP) is 3.35. The van der Waals surface area contributed by atoms with E-state index in [4.69, 9.17) is 16.3 Å². The average molecular weight is 580 g/mol. The second-order valence-corrected chi connectivity index (χ2v) is 9.28. The maximum Gasteiger partial charge on any atom is 0.412 e. The molecule has 4 rings (SSSR count). The summed E-state index contributed by atoms with van der Waals surface area (Å²) in [5.41, 5.74) is 1.04. The van der Waals surface area contributed by atoms with Gasteiger partial charge in [-0.2, -0.15) is 0 Å². The Labute approximate surface area is 239 Å². The highest BCUT2D eigenvalue weighted by Gasteiger charge is 2.19. The van der Waals surface area contributed by atoms with Crippen molar-refractivity contribution >= 4 is 46.1 Å². The molecular weight excluding hydrogens is 553 g/mol. The Kier molecular flexibility index (Phi) is 10.5. The molecular formula is C28H27ClFN7O4. The van der Waals surface area contributed by atoms with Gasteiger partial charge in [0.25, 0.3) is 0 Å². The van der Waals surface area contributed by atoms with Crippen LogP contribution < -0.4 is 21.3 Å². The van der Waals surface area contributed by atoms with Crippen molar-refractivity contribution in [2.75, 3.05) is 18.5 Å². The molecule has 0 fully saturated rings. The Balaban J connectivity index is 1.31. The van der Waals surface area contributed by atoms with E-state index in [0.29, 0.717) is 11.3 Å². The number of aromatic nitrogens is 3. The minimum atomic E-state index is -0.848. The molecule has 0 aliphatic heterocycles. The van der Waals surface area contributed by atoms with E-state index in [1.165, 1.54) is 30.7 Å². The molecule has 0 unspecified atom stereocenters. The van der Waals surface area contributed by atoms with Gasteiger partial charge in [-0.05, 0) is 23.1 Å². The topological polar surface area (TPSA) is 147 Å². The summed E-state index contributed by atoms with van der Waals surface area (Å²) in [5, 5.41) is 12.6. The van der Waals surface area contributed by atoms with Crippen molar-refractivity contribution in [2.45, 2.75) is 25.6 Å². The van der Waals surface area contributed by atoms with Crippen LogP contribution in [0.15, 0.2) is 73.3 Å². The van der Waals surface area contributed by atoms with Gasteiger partial charge in [-0.15, -0.1) is 0 Å². The van der Waals surface area contributed by atoms with Crippen LogP contribution in [-0.2, 0) is 27.4 Å². The molecule has 2 aromatic heterocycles. The number of carbonyl (C=O) groups is 3. The van der Waals surface area contributed by atoms with Crippen molar-refractivity contribution < 1.29 is 23.5 Å². The highest BCUT2D eigenvalue weighted by molar-refractivity contribution is 6.31. The second-order valence-electron chi connectivity index (χ2n) is 8.90. The van der Waals surface area contributed by atoms with Crippen molar-refractivity contribution in [2.24, 2.45) is 0 Å². The Morgan fingerprint density at radius 2 is 1.78 bits per heavy atom. The number of nitrogens with zero attached hydrogens (tertiary/aromatic N) is 3. The Hall–Kier alpha value is -4.68. The number of ether oxygens (including phenoxy) is 1. The molecule has 1 atom stereocenters. The average Bonchev–Trinajstić information content (AvgIpc) is 2.97. The standard InChI is InChI=1S/C28H27ClFN7O4/c29-27-20(6-3-7-23(27)30)12-32-16-26(39)36-21(11-25(38)35-15-22-14-31-8-9-33-22)17-41-28(40)37-24-10-18-4-1-2-5-19(18)13-34-24/h1-10,13-14,21,32H,11-12,15-17H2,(H,35,38)(H,36,39)(H,34,37,40)/t21-/m0/s1. The lowest BCUT2D eigenvalue weighted by Crippen LogP contribution is -2.45. The molecule has 4 aromatic rings. The first-order valence-corrected chi connectivity index (χ1v) is 13.0. The van der Waals surface area contributed by atoms with Gasteiger partial charge < -0.3 is 20.7 Å². The fourth-order valence-electron chi connectivity index (χ4n) is 3.80. The zero-order valence-corrected chi connectivity index (χ0v) is 22.5. The molecule has 3 amide bonds. The lowest BCUT2D eigenvalue weighted by molar-refractivity contribution is -0.123. The molecule has 11 nitrogen and oxygen atoms in total. The summed E-state index contributed by atoms with van der Waals surface area (Å²) < 4.78 is 19.0. The summed E-state index contributed by atoms with van der Waals surface area (Å²) in [5.74, 6) is -1.14. The first-order chi connectivity index (χ1) is 19.9. The molecule has 0 saturated carbocycles. The largest absolute Gasteiger partial charge is 0.447 e. The molecule has 2 aromatic carbocycles. The third-order valence-electron chi connectivity index (χ3n) is 5.79. The molecule has 0 bridgehead atoms. The molecule has 2 heterocycles. The van der Waals surface area contributed by atoms with Crippen LogP contribution in [0.5, 0.6) is 0 Å². The maximum atomic E-state index is 13.7. The van der Waals surface area contributed by atoms with Crippen molar-refractivity contribution in [3.8, 4) is 0 Å². The lowest BCUT2D eigenvalue weighted by Gasteiger charge is -2.19. The third-order valence-corrected chi connectivity index (χ3v) is 6.21. The number of pyridine rings is 1. The molecule has 0 aliphatic rings. The molecule has 0 spiro atoms. The SMILES string of the molecule is O=C(C[C@@H](COC(=O)Nc1cc2ccccc2cn1)NC(=O)CNCc1cccc(F)c1Cl)NCc1cnccn1. The quantitative estimate of drug-likeness (QED) is 0.200. The smallest absolute Gasteiger partial charge is 0.412 e. The van der Waals surface area contributed by atoms with Gasteiger partial charge in [-0.1, -0.05) is 48.0 Å². The van der Waals surface area contributed by atoms with E-state index >= 15 is 0 Å². The molecule has 0 aliphatic carbocycles. The van der Waals surface area contributed by atoms with Crippen LogP contribution in [0.3, 0.4) is 0 Å². The minimum absolute atomic E-state index is 0.0293. The summed E-state index contributed by atoms with van der Waals surface area (Å²) in [6, 6.07) is 12.8. The molecule has 0 saturated heterocycles. The monoisotopic (exact) mass is 579 g/mol. The van der Waals surface area contributed by atoms with Gasteiger partial charge in [0.2, 0.25) is 11.8 Å². The Morgan fingerprint density at radius 3 is 2.59 bits per heavy atom. The van der Waals surface area contributed by atoms with E-state index in [0.717, 1.165) is 10.8 Å². The van der Waals surface area contributed by atoms with Gasteiger partial charge in [0.05, 0.1) is 42.5 Å². The van der Waals surface area contributed by atoms with Crippen molar-refractivity contribution in [1.29, 1.82) is 0 Å². The van der Waals surface area contributed by atoms with Crippen LogP contribution in [0.2, 0.25) is 5.02 Å². The van der Waals surface area contributed by atoms with Gasteiger partial charge in [-0.25, -0.2) is 14.2 Å². The van der Waals surface area contributed by atoms with Gasteiger partial charge in [0.1, 0.15) is 18.2 Å². The van der Waals surface area contributed by atoms with Gasteiger partial charge in [0, 0.05) is 30.5 Å². The molecule has 41 heavy (non-hydrogen) atoms. The zero-order chi connectivity index (χ0) is 29.0. The number of hydrogen-bond acceptors (Lipinski definition) is 8. The number of halogens is 2. The summed E-state index contributed by atoms with van der Waals surface area (Å²) in [4.78, 5) is 49.9. The van der Waals surface area contributed by atoms with Gasteiger partial charge >= 0.3 is 6.09 Å². The number of carbonyl (C=O) groups excluding carboxylic acids is 3. The highest BCUT2D eigenvalue weighted by atomic mass is 35.5. The van der Waals surface area contributed by atoms with E-state index in [2.05, 4.69) is 36.2 Å². The predicted molar refractivity (Wildman–Crippen MR) is 150 cm³/mol. The number of benzene rings is 2. The number of nitrogens with one attached hydrogen (secondary N) is 4. The van der Waals surface area contributed by atoms with Crippen molar-refractivity contribution in [3.63, 3.8) is 0 Å².